The van der Waals surface area contributed by atoms with Gasteiger partial charge in [0.1, 0.15) is 12.4 Å². The smallest absolute Gasteiger partial charge is 0.244 e. The highest BCUT2D eigenvalue weighted by Gasteiger charge is 2.00. The van der Waals surface area contributed by atoms with Crippen molar-refractivity contribution in [2.45, 2.75) is 13.1 Å². The van der Waals surface area contributed by atoms with E-state index in [2.05, 4.69) is 31.5 Å². The largest absolute Gasteiger partial charge is 0.348 e. The highest BCUT2D eigenvalue weighted by molar-refractivity contribution is 5.91. The molecule has 0 aliphatic rings. The Balaban J connectivity index is 1.83. The van der Waals surface area contributed by atoms with E-state index < -0.39 is 0 Å². The Morgan fingerprint density at radius 2 is 1.65 bits per heavy atom. The Morgan fingerprint density at radius 1 is 1.04 bits per heavy atom. The maximum Gasteiger partial charge on any atom is 0.244 e. The standard InChI is InChI=1S/C19H21FN2O/c1-22(2)14-17-5-3-16(4-6-17)13-21-19(23)12-9-15-7-10-18(20)11-8-15/h3-12H,13-14H2,1-2H3,(H,21,23)/p+1/b12-9+. The molecule has 2 aromatic carbocycles. The van der Waals surface area contributed by atoms with Gasteiger partial charge in [0.2, 0.25) is 5.91 Å². The van der Waals surface area contributed by atoms with Gasteiger partial charge in [0.15, 0.2) is 0 Å². The van der Waals surface area contributed by atoms with Gasteiger partial charge in [0, 0.05) is 18.2 Å². The van der Waals surface area contributed by atoms with Crippen LogP contribution in [-0.4, -0.2) is 20.0 Å². The van der Waals surface area contributed by atoms with Gasteiger partial charge in [-0.25, -0.2) is 4.39 Å². The maximum absolute atomic E-state index is 12.8. The minimum absolute atomic E-state index is 0.170. The summed E-state index contributed by atoms with van der Waals surface area (Å²) in [4.78, 5) is 13.2. The predicted molar refractivity (Wildman–Crippen MR) is 90.2 cm³/mol. The van der Waals surface area contributed by atoms with E-state index in [-0.39, 0.29) is 11.7 Å². The van der Waals surface area contributed by atoms with E-state index in [4.69, 9.17) is 0 Å². The van der Waals surface area contributed by atoms with Gasteiger partial charge in [-0.05, 0) is 29.3 Å². The summed E-state index contributed by atoms with van der Waals surface area (Å²) in [5.41, 5.74) is 3.12. The minimum atomic E-state index is -0.286. The van der Waals surface area contributed by atoms with Crippen LogP contribution in [0.3, 0.4) is 0 Å². The summed E-state index contributed by atoms with van der Waals surface area (Å²) in [5, 5.41) is 2.84. The number of carbonyl (C=O) groups is 1. The van der Waals surface area contributed by atoms with Crippen LogP contribution < -0.4 is 10.2 Å². The summed E-state index contributed by atoms with van der Waals surface area (Å²) in [6.07, 6.45) is 3.12. The van der Waals surface area contributed by atoms with Crippen LogP contribution in [0.4, 0.5) is 4.39 Å². The minimum Gasteiger partial charge on any atom is -0.348 e. The Morgan fingerprint density at radius 3 is 2.26 bits per heavy atom. The number of amides is 1. The van der Waals surface area contributed by atoms with E-state index in [1.54, 1.807) is 18.2 Å². The van der Waals surface area contributed by atoms with E-state index in [1.807, 2.05) is 12.1 Å². The van der Waals surface area contributed by atoms with E-state index >= 15 is 0 Å². The van der Waals surface area contributed by atoms with Crippen LogP contribution in [0.5, 0.6) is 0 Å². The van der Waals surface area contributed by atoms with Crippen LogP contribution in [0, 0.1) is 5.82 Å². The van der Waals surface area contributed by atoms with Gasteiger partial charge in [-0.3, -0.25) is 4.79 Å². The molecule has 0 bridgehead atoms. The quantitative estimate of drug-likeness (QED) is 0.784. The van der Waals surface area contributed by atoms with Gasteiger partial charge in [-0.15, -0.1) is 0 Å². The molecule has 3 nitrogen and oxygen atoms in total. The zero-order chi connectivity index (χ0) is 16.7. The summed E-state index contributed by atoms with van der Waals surface area (Å²) in [6, 6.07) is 14.2. The second-order valence-electron chi connectivity index (χ2n) is 5.80. The molecule has 2 N–H and O–H groups in total. The Kier molecular flexibility index (Phi) is 6.06. The van der Waals surface area contributed by atoms with Crippen molar-refractivity contribution in [2.75, 3.05) is 14.1 Å². The average Bonchev–Trinajstić information content (AvgIpc) is 2.53. The number of rotatable bonds is 6. The average molecular weight is 313 g/mol. The highest BCUT2D eigenvalue weighted by atomic mass is 19.1. The first-order valence-electron chi connectivity index (χ1n) is 7.61. The van der Waals surface area contributed by atoms with Gasteiger partial charge < -0.3 is 10.2 Å². The molecular formula is C19H22FN2O+. The van der Waals surface area contributed by atoms with Crippen LogP contribution in [0.1, 0.15) is 16.7 Å². The van der Waals surface area contributed by atoms with Gasteiger partial charge in [-0.1, -0.05) is 36.4 Å². The molecule has 1 amide bonds. The molecule has 0 radical (unpaired) electrons. The third kappa shape index (κ3) is 6.04. The van der Waals surface area contributed by atoms with Gasteiger partial charge in [0.05, 0.1) is 14.1 Å². The maximum atomic E-state index is 12.8. The zero-order valence-electron chi connectivity index (χ0n) is 13.5. The highest BCUT2D eigenvalue weighted by Crippen LogP contribution is 2.05. The molecule has 0 heterocycles. The fraction of sp³-hybridized carbons (Fsp3) is 0.211. The van der Waals surface area contributed by atoms with Crippen molar-refractivity contribution in [3.8, 4) is 0 Å². The first kappa shape index (κ1) is 16.9. The molecule has 0 spiro atoms. The lowest BCUT2D eigenvalue weighted by Gasteiger charge is -2.08. The van der Waals surface area contributed by atoms with Gasteiger partial charge in [0.25, 0.3) is 0 Å². The number of carbonyl (C=O) groups excluding carboxylic acids is 1. The lowest BCUT2D eigenvalue weighted by Crippen LogP contribution is -3.04. The van der Waals surface area contributed by atoms with Crippen molar-refractivity contribution >= 4 is 12.0 Å². The van der Waals surface area contributed by atoms with E-state index in [9.17, 15) is 9.18 Å². The van der Waals surface area contributed by atoms with E-state index in [0.29, 0.717) is 6.54 Å². The van der Waals surface area contributed by atoms with Crippen LogP contribution in [0.15, 0.2) is 54.6 Å². The van der Waals surface area contributed by atoms with Crippen molar-refractivity contribution in [2.24, 2.45) is 0 Å². The van der Waals surface area contributed by atoms with Gasteiger partial charge >= 0.3 is 0 Å². The predicted octanol–water partition coefficient (Wildman–Crippen LogP) is 1.80. The van der Waals surface area contributed by atoms with Crippen LogP contribution in [-0.2, 0) is 17.9 Å². The lowest BCUT2D eigenvalue weighted by atomic mass is 10.1. The monoisotopic (exact) mass is 313 g/mol. The van der Waals surface area contributed by atoms with Crippen molar-refractivity contribution in [3.05, 3.63) is 77.1 Å². The Labute approximate surface area is 136 Å². The molecule has 0 saturated heterocycles. The first-order valence-corrected chi connectivity index (χ1v) is 7.61. The molecule has 4 heteroatoms. The first-order chi connectivity index (χ1) is 11.0. The van der Waals surface area contributed by atoms with Crippen molar-refractivity contribution < 1.29 is 14.1 Å². The number of hydrogen-bond donors (Lipinski definition) is 2. The molecule has 0 aliphatic carbocycles. The molecule has 0 unspecified atom stereocenters. The third-order valence-electron chi connectivity index (χ3n) is 3.34. The molecule has 2 rings (SSSR count). The summed E-state index contributed by atoms with van der Waals surface area (Å²) in [5.74, 6) is -0.456. The fourth-order valence-corrected chi connectivity index (χ4v) is 2.18. The lowest BCUT2D eigenvalue weighted by molar-refractivity contribution is -0.872. The van der Waals surface area contributed by atoms with Crippen LogP contribution in [0.2, 0.25) is 0 Å². The summed E-state index contributed by atoms with van der Waals surface area (Å²) < 4.78 is 12.8. The summed E-state index contributed by atoms with van der Waals surface area (Å²) >= 11 is 0. The molecule has 0 fully saturated rings. The molecule has 0 aromatic heterocycles. The molecule has 2 aromatic rings. The number of nitrogens with one attached hydrogen (secondary N) is 2. The van der Waals surface area contributed by atoms with E-state index in [1.165, 1.54) is 28.7 Å². The van der Waals surface area contributed by atoms with Crippen molar-refractivity contribution in [1.29, 1.82) is 0 Å². The van der Waals surface area contributed by atoms with Crippen molar-refractivity contribution in [1.82, 2.24) is 5.32 Å². The topological polar surface area (TPSA) is 33.5 Å². The number of hydrogen-bond acceptors (Lipinski definition) is 1. The Hall–Kier alpha value is -2.46. The molecular weight excluding hydrogens is 291 g/mol. The normalized spacial score (nSPS) is 11.1. The van der Waals surface area contributed by atoms with E-state index in [0.717, 1.165) is 17.7 Å². The molecule has 0 atom stereocenters. The zero-order valence-corrected chi connectivity index (χ0v) is 13.5. The van der Waals surface area contributed by atoms with Gasteiger partial charge in [-0.2, -0.15) is 0 Å². The van der Waals surface area contributed by atoms with Crippen molar-refractivity contribution in [3.63, 3.8) is 0 Å². The second kappa shape index (κ2) is 8.25. The van der Waals surface area contributed by atoms with Crippen LogP contribution in [0.25, 0.3) is 6.08 Å². The molecule has 23 heavy (non-hydrogen) atoms. The third-order valence-corrected chi connectivity index (χ3v) is 3.34. The Bertz CT molecular complexity index is 661. The fourth-order valence-electron chi connectivity index (χ4n) is 2.18. The molecule has 120 valence electrons. The summed E-state index contributed by atoms with van der Waals surface area (Å²) in [7, 11) is 4.23. The SMILES string of the molecule is C[NH+](C)Cc1ccc(CNC(=O)/C=C/c2ccc(F)cc2)cc1. The van der Waals surface area contributed by atoms with Crippen LogP contribution >= 0.6 is 0 Å². The summed E-state index contributed by atoms with van der Waals surface area (Å²) in [6.45, 7) is 1.47. The molecule has 0 aliphatic heterocycles. The number of benzene rings is 2. The second-order valence-corrected chi connectivity index (χ2v) is 5.80. The molecule has 0 saturated carbocycles. The number of halogens is 1. The number of quaternary nitrogens is 1.